The first kappa shape index (κ1) is 12.1. The van der Waals surface area contributed by atoms with Gasteiger partial charge in [-0.25, -0.2) is 4.98 Å². The highest BCUT2D eigenvalue weighted by Crippen LogP contribution is 2.22. The van der Waals surface area contributed by atoms with Gasteiger partial charge in [0.2, 0.25) is 5.88 Å². The average molecular weight is 334 g/mol. The van der Waals surface area contributed by atoms with Gasteiger partial charge in [0.05, 0.1) is 20.3 Å². The number of morpholine rings is 1. The van der Waals surface area contributed by atoms with Crippen LogP contribution in [0.25, 0.3) is 0 Å². The second kappa shape index (κ2) is 5.79. The van der Waals surface area contributed by atoms with E-state index in [1.165, 1.54) is 9.13 Å². The molecule has 1 aromatic heterocycles. The molecule has 0 bridgehead atoms. The van der Waals surface area contributed by atoms with Crippen LogP contribution in [-0.4, -0.2) is 43.3 Å². The zero-order valence-electron chi connectivity index (χ0n) is 9.28. The Bertz CT molecular complexity index is 354. The topological polar surface area (TPSA) is 34.6 Å². The average Bonchev–Trinajstić information content (AvgIpc) is 2.33. The lowest BCUT2D eigenvalue weighted by Crippen LogP contribution is -2.36. The lowest BCUT2D eigenvalue weighted by Gasteiger charge is -2.27. The van der Waals surface area contributed by atoms with E-state index in [-0.39, 0.29) is 0 Å². The first-order valence-electron chi connectivity index (χ1n) is 5.28. The van der Waals surface area contributed by atoms with Crippen molar-refractivity contribution >= 4 is 22.6 Å². The first-order chi connectivity index (χ1) is 7.81. The molecule has 1 aliphatic heterocycles. The van der Waals surface area contributed by atoms with E-state index in [4.69, 9.17) is 9.47 Å². The summed E-state index contributed by atoms with van der Waals surface area (Å²) in [6, 6.07) is 2.01. The fraction of sp³-hybridized carbons (Fsp3) is 0.545. The summed E-state index contributed by atoms with van der Waals surface area (Å²) in [6.45, 7) is 4.49. The van der Waals surface area contributed by atoms with Gasteiger partial charge in [-0.05, 0) is 28.7 Å². The van der Waals surface area contributed by atoms with Crippen LogP contribution in [0.15, 0.2) is 12.3 Å². The van der Waals surface area contributed by atoms with Crippen molar-refractivity contribution < 1.29 is 9.47 Å². The van der Waals surface area contributed by atoms with Gasteiger partial charge < -0.3 is 9.47 Å². The first-order valence-corrected chi connectivity index (χ1v) is 6.36. The monoisotopic (exact) mass is 334 g/mol. The van der Waals surface area contributed by atoms with Crippen molar-refractivity contribution in [2.45, 2.75) is 6.54 Å². The van der Waals surface area contributed by atoms with Crippen LogP contribution in [0.2, 0.25) is 0 Å². The molecule has 0 saturated carbocycles. The van der Waals surface area contributed by atoms with Crippen LogP contribution in [0.3, 0.4) is 0 Å². The number of nitrogens with zero attached hydrogens (tertiary/aromatic N) is 2. The Kier molecular flexibility index (Phi) is 4.37. The standard InChI is InChI=1S/C11H15IN2O2/c1-15-11-9(10(12)2-3-13-11)8-14-4-6-16-7-5-14/h2-3H,4-8H2,1H3. The van der Waals surface area contributed by atoms with Crippen molar-refractivity contribution in [3.63, 3.8) is 0 Å². The molecule has 1 aliphatic rings. The number of aromatic nitrogens is 1. The zero-order chi connectivity index (χ0) is 11.4. The van der Waals surface area contributed by atoms with E-state index in [0.717, 1.165) is 38.7 Å². The third-order valence-electron chi connectivity index (χ3n) is 2.64. The van der Waals surface area contributed by atoms with Gasteiger partial charge >= 0.3 is 0 Å². The third-order valence-corrected chi connectivity index (χ3v) is 3.65. The molecule has 0 N–H and O–H groups in total. The summed E-state index contributed by atoms with van der Waals surface area (Å²) >= 11 is 2.33. The number of hydrogen-bond donors (Lipinski definition) is 0. The van der Waals surface area contributed by atoms with Crippen molar-refractivity contribution in [1.82, 2.24) is 9.88 Å². The van der Waals surface area contributed by atoms with E-state index in [2.05, 4.69) is 32.5 Å². The van der Waals surface area contributed by atoms with E-state index in [0.29, 0.717) is 0 Å². The molecule has 5 heteroatoms. The lowest BCUT2D eigenvalue weighted by atomic mass is 10.2. The molecular weight excluding hydrogens is 319 g/mol. The minimum absolute atomic E-state index is 0.735. The summed E-state index contributed by atoms with van der Waals surface area (Å²) < 4.78 is 11.8. The molecule has 0 radical (unpaired) electrons. The molecule has 1 fully saturated rings. The maximum atomic E-state index is 5.33. The molecule has 0 atom stereocenters. The Balaban J connectivity index is 2.12. The maximum absolute atomic E-state index is 5.33. The van der Waals surface area contributed by atoms with E-state index in [1.807, 2.05) is 6.07 Å². The highest BCUT2D eigenvalue weighted by Gasteiger charge is 2.15. The van der Waals surface area contributed by atoms with Gasteiger partial charge in [-0.2, -0.15) is 0 Å². The van der Waals surface area contributed by atoms with Gasteiger partial charge in [-0.1, -0.05) is 0 Å². The Morgan fingerprint density at radius 3 is 2.94 bits per heavy atom. The van der Waals surface area contributed by atoms with Crippen LogP contribution in [0.1, 0.15) is 5.56 Å². The van der Waals surface area contributed by atoms with Crippen molar-refractivity contribution in [2.75, 3.05) is 33.4 Å². The molecule has 2 rings (SSSR count). The van der Waals surface area contributed by atoms with Gasteiger partial charge in [-0.15, -0.1) is 0 Å². The SMILES string of the molecule is COc1nccc(I)c1CN1CCOCC1. The Morgan fingerprint density at radius 2 is 2.25 bits per heavy atom. The van der Waals surface area contributed by atoms with E-state index in [9.17, 15) is 0 Å². The van der Waals surface area contributed by atoms with Crippen LogP contribution >= 0.6 is 22.6 Å². The highest BCUT2D eigenvalue weighted by atomic mass is 127. The van der Waals surface area contributed by atoms with Crippen LogP contribution in [0.5, 0.6) is 5.88 Å². The number of halogens is 1. The number of rotatable bonds is 3. The Hall–Kier alpha value is -0.400. The Labute approximate surface area is 109 Å². The number of pyridine rings is 1. The normalized spacial score (nSPS) is 17.4. The minimum atomic E-state index is 0.735. The molecule has 1 aromatic rings. The van der Waals surface area contributed by atoms with Gasteiger partial charge in [0, 0.05) is 35.0 Å². The van der Waals surface area contributed by atoms with Gasteiger partial charge in [0.25, 0.3) is 0 Å². The molecule has 0 amide bonds. The summed E-state index contributed by atoms with van der Waals surface area (Å²) in [5.41, 5.74) is 1.17. The molecule has 0 aromatic carbocycles. The molecule has 88 valence electrons. The second-order valence-corrected chi connectivity index (χ2v) is 4.83. The van der Waals surface area contributed by atoms with Crippen LogP contribution in [-0.2, 0) is 11.3 Å². The van der Waals surface area contributed by atoms with E-state index >= 15 is 0 Å². The zero-order valence-corrected chi connectivity index (χ0v) is 11.4. The summed E-state index contributed by atoms with van der Waals surface area (Å²) in [4.78, 5) is 6.60. The van der Waals surface area contributed by atoms with Crippen LogP contribution < -0.4 is 4.74 Å². The van der Waals surface area contributed by atoms with Crippen LogP contribution in [0, 0.1) is 3.57 Å². The molecule has 2 heterocycles. The fourth-order valence-electron chi connectivity index (χ4n) is 1.75. The van der Waals surface area contributed by atoms with Crippen molar-refractivity contribution in [3.05, 3.63) is 21.4 Å². The van der Waals surface area contributed by atoms with Crippen molar-refractivity contribution in [3.8, 4) is 5.88 Å². The predicted octanol–water partition coefficient (Wildman–Crippen LogP) is 1.53. The quantitative estimate of drug-likeness (QED) is 0.786. The second-order valence-electron chi connectivity index (χ2n) is 3.67. The van der Waals surface area contributed by atoms with Gasteiger partial charge in [0.1, 0.15) is 0 Å². The number of hydrogen-bond acceptors (Lipinski definition) is 4. The van der Waals surface area contributed by atoms with Gasteiger partial charge in [-0.3, -0.25) is 4.90 Å². The maximum Gasteiger partial charge on any atom is 0.218 e. The van der Waals surface area contributed by atoms with Crippen LogP contribution in [0.4, 0.5) is 0 Å². The summed E-state index contributed by atoms with van der Waals surface area (Å²) in [7, 11) is 1.67. The number of methoxy groups -OCH3 is 1. The minimum Gasteiger partial charge on any atom is -0.481 e. The molecule has 1 saturated heterocycles. The van der Waals surface area contributed by atoms with Gasteiger partial charge in [0.15, 0.2) is 0 Å². The highest BCUT2D eigenvalue weighted by molar-refractivity contribution is 14.1. The molecule has 0 unspecified atom stereocenters. The van der Waals surface area contributed by atoms with Crippen molar-refractivity contribution in [2.24, 2.45) is 0 Å². The largest absolute Gasteiger partial charge is 0.481 e. The molecule has 0 spiro atoms. The molecule has 16 heavy (non-hydrogen) atoms. The fourth-order valence-corrected chi connectivity index (χ4v) is 2.32. The lowest BCUT2D eigenvalue weighted by molar-refractivity contribution is 0.0337. The predicted molar refractivity (Wildman–Crippen MR) is 69.6 cm³/mol. The van der Waals surface area contributed by atoms with E-state index < -0.39 is 0 Å². The summed E-state index contributed by atoms with van der Waals surface area (Å²) in [5, 5.41) is 0. The van der Waals surface area contributed by atoms with E-state index in [1.54, 1.807) is 13.3 Å². The number of ether oxygens (including phenoxy) is 2. The molecule has 0 aliphatic carbocycles. The third kappa shape index (κ3) is 2.83. The molecular formula is C11H15IN2O2. The summed E-state index contributed by atoms with van der Waals surface area (Å²) in [5.74, 6) is 0.735. The summed E-state index contributed by atoms with van der Waals surface area (Å²) in [6.07, 6.45) is 1.78. The smallest absolute Gasteiger partial charge is 0.218 e. The van der Waals surface area contributed by atoms with Crippen molar-refractivity contribution in [1.29, 1.82) is 0 Å². The molecule has 4 nitrogen and oxygen atoms in total. The Morgan fingerprint density at radius 1 is 1.50 bits per heavy atom.